The summed E-state index contributed by atoms with van der Waals surface area (Å²) in [5.74, 6) is -1.12. The maximum absolute atomic E-state index is 14.8. The number of rotatable bonds is 7. The predicted molar refractivity (Wildman–Crippen MR) is 132 cm³/mol. The van der Waals surface area contributed by atoms with Gasteiger partial charge in [-0.1, -0.05) is 6.07 Å². The zero-order chi connectivity index (χ0) is 27.7. The van der Waals surface area contributed by atoms with Crippen LogP contribution in [0, 0.1) is 5.82 Å². The van der Waals surface area contributed by atoms with Crippen molar-refractivity contribution in [2.45, 2.75) is 38.7 Å². The number of H-pyrrole nitrogens is 1. The minimum absolute atomic E-state index is 0.0734. The number of benzene rings is 2. The van der Waals surface area contributed by atoms with Gasteiger partial charge in [-0.15, -0.1) is 0 Å². The lowest BCUT2D eigenvalue weighted by Crippen LogP contribution is -2.51. The molecule has 4 rings (SSSR count). The fourth-order valence-electron chi connectivity index (χ4n) is 3.68. The summed E-state index contributed by atoms with van der Waals surface area (Å²) in [6, 6.07) is 7.55. The molecule has 1 aliphatic heterocycles. The summed E-state index contributed by atoms with van der Waals surface area (Å²) < 4.78 is 71.6. The monoisotopic (exact) mass is 535 g/mol. The molecule has 2 heterocycles. The highest BCUT2D eigenvalue weighted by Gasteiger charge is 2.40. The number of hydrogen-bond donors (Lipinski definition) is 3. The number of carbonyl (C=O) groups is 1. The van der Waals surface area contributed by atoms with Crippen molar-refractivity contribution < 1.29 is 36.6 Å². The van der Waals surface area contributed by atoms with Crippen molar-refractivity contribution in [1.29, 1.82) is 0 Å². The van der Waals surface area contributed by atoms with Crippen LogP contribution in [0.2, 0.25) is 0 Å². The van der Waals surface area contributed by atoms with E-state index < -0.39 is 34.7 Å². The molecule has 1 fully saturated rings. The van der Waals surface area contributed by atoms with E-state index in [0.29, 0.717) is 11.1 Å². The molecule has 38 heavy (non-hydrogen) atoms. The van der Waals surface area contributed by atoms with E-state index in [1.54, 1.807) is 20.8 Å². The summed E-state index contributed by atoms with van der Waals surface area (Å²) in [5.41, 5.74) is -1.87. The van der Waals surface area contributed by atoms with Gasteiger partial charge in [-0.25, -0.2) is 9.18 Å². The Morgan fingerprint density at radius 1 is 1.05 bits per heavy atom. The predicted octanol–water partition coefficient (Wildman–Crippen LogP) is 5.80. The van der Waals surface area contributed by atoms with Crippen molar-refractivity contribution in [1.82, 2.24) is 4.98 Å². The average Bonchev–Trinajstić information content (AvgIpc) is 2.81. The lowest BCUT2D eigenvalue weighted by atomic mass is 10.0. The van der Waals surface area contributed by atoms with Crippen LogP contribution in [0.1, 0.15) is 26.3 Å². The van der Waals surface area contributed by atoms with E-state index in [1.807, 2.05) is 0 Å². The molecule has 3 N–H and O–H groups in total. The van der Waals surface area contributed by atoms with Crippen LogP contribution in [0.5, 0.6) is 11.5 Å². The zero-order valence-electron chi connectivity index (χ0n) is 20.7. The van der Waals surface area contributed by atoms with Crippen LogP contribution in [-0.2, 0) is 10.9 Å². The Labute approximate surface area is 214 Å². The summed E-state index contributed by atoms with van der Waals surface area (Å²) in [4.78, 5) is 26.9. The lowest BCUT2D eigenvalue weighted by Gasteiger charge is -2.38. The number of ether oxygens (including phenoxy) is 3. The highest BCUT2D eigenvalue weighted by atomic mass is 19.4. The first-order valence-corrected chi connectivity index (χ1v) is 11.6. The Balaban J connectivity index is 1.48. The molecule has 202 valence electrons. The van der Waals surface area contributed by atoms with Gasteiger partial charge in [0.25, 0.3) is 5.56 Å². The number of pyridine rings is 1. The van der Waals surface area contributed by atoms with Crippen LogP contribution in [0.15, 0.2) is 53.5 Å². The molecule has 3 aromatic rings. The normalized spacial score (nSPS) is 14.5. The van der Waals surface area contributed by atoms with Crippen LogP contribution in [0.4, 0.5) is 33.7 Å². The van der Waals surface area contributed by atoms with E-state index in [2.05, 4.69) is 15.6 Å². The molecule has 0 saturated carbocycles. The van der Waals surface area contributed by atoms with Crippen molar-refractivity contribution in [2.75, 3.05) is 23.8 Å². The van der Waals surface area contributed by atoms with E-state index in [9.17, 15) is 27.2 Å². The van der Waals surface area contributed by atoms with E-state index in [-0.39, 0.29) is 42.2 Å². The smallest absolute Gasteiger partial charge is 0.420 e. The van der Waals surface area contributed by atoms with Crippen molar-refractivity contribution in [3.05, 3.63) is 70.4 Å². The van der Waals surface area contributed by atoms with Gasteiger partial charge < -0.3 is 29.8 Å². The molecule has 1 aromatic heterocycles. The minimum Gasteiger partial charge on any atom is -0.485 e. The van der Waals surface area contributed by atoms with Gasteiger partial charge >= 0.3 is 12.2 Å². The van der Waals surface area contributed by atoms with Gasteiger partial charge in [0.05, 0.1) is 30.6 Å². The topological polar surface area (TPSA) is 102 Å². The number of carbonyl (C=O) groups excluding carboxylic acids is 1. The largest absolute Gasteiger partial charge is 0.485 e. The maximum atomic E-state index is 14.8. The lowest BCUT2D eigenvalue weighted by molar-refractivity contribution is -0.160. The molecule has 0 bridgehead atoms. The number of aromatic amines is 1. The number of alkyl halides is 3. The Hall–Kier alpha value is -4.06. The van der Waals surface area contributed by atoms with Crippen LogP contribution in [0.3, 0.4) is 0 Å². The first-order chi connectivity index (χ1) is 17.8. The molecular formula is C26H25F4N3O5. The number of hydrogen-bond acceptors (Lipinski definition) is 5. The number of urea groups is 1. The molecule has 8 nitrogen and oxygen atoms in total. The quantitative estimate of drug-likeness (QED) is 0.332. The van der Waals surface area contributed by atoms with Crippen LogP contribution in [0.25, 0.3) is 11.1 Å². The first-order valence-electron chi connectivity index (χ1n) is 11.6. The highest BCUT2D eigenvalue weighted by Crippen LogP contribution is 2.40. The molecule has 0 radical (unpaired) electrons. The summed E-state index contributed by atoms with van der Waals surface area (Å²) in [7, 11) is 0. The molecule has 0 spiro atoms. The molecule has 12 heteroatoms. The third-order valence-electron chi connectivity index (χ3n) is 5.50. The molecule has 2 amide bonds. The van der Waals surface area contributed by atoms with E-state index in [4.69, 9.17) is 14.2 Å². The van der Waals surface area contributed by atoms with E-state index >= 15 is 0 Å². The number of halogens is 4. The second-order valence-electron chi connectivity index (χ2n) is 9.28. The van der Waals surface area contributed by atoms with Gasteiger partial charge in [-0.2, -0.15) is 13.2 Å². The van der Waals surface area contributed by atoms with Gasteiger partial charge in [-0.05, 0) is 62.7 Å². The third kappa shape index (κ3) is 6.25. The molecular weight excluding hydrogens is 510 g/mol. The summed E-state index contributed by atoms with van der Waals surface area (Å²) in [5, 5.41) is 4.55. The van der Waals surface area contributed by atoms with Gasteiger partial charge in [0, 0.05) is 17.4 Å². The van der Waals surface area contributed by atoms with Gasteiger partial charge in [0.1, 0.15) is 11.6 Å². The molecule has 1 saturated heterocycles. The Kier molecular flexibility index (Phi) is 7.36. The molecule has 0 unspecified atom stereocenters. The van der Waals surface area contributed by atoms with Crippen molar-refractivity contribution in [3.63, 3.8) is 0 Å². The van der Waals surface area contributed by atoms with Crippen LogP contribution in [-0.4, -0.2) is 35.9 Å². The van der Waals surface area contributed by atoms with Gasteiger partial charge in [-0.3, -0.25) is 4.79 Å². The molecule has 2 aromatic carbocycles. The van der Waals surface area contributed by atoms with Gasteiger partial charge in [0.2, 0.25) is 0 Å². The Morgan fingerprint density at radius 2 is 1.79 bits per heavy atom. The summed E-state index contributed by atoms with van der Waals surface area (Å²) in [6.45, 7) is 5.46. The molecule has 0 aliphatic carbocycles. The summed E-state index contributed by atoms with van der Waals surface area (Å²) in [6.07, 6.45) is -3.59. The third-order valence-corrected chi connectivity index (χ3v) is 5.50. The number of nitrogens with one attached hydrogen (secondary N) is 3. The fraction of sp³-hybridized carbons (Fsp3) is 0.308. The van der Waals surface area contributed by atoms with Gasteiger partial charge in [0.15, 0.2) is 11.4 Å². The van der Waals surface area contributed by atoms with Crippen molar-refractivity contribution in [3.8, 4) is 22.6 Å². The van der Waals surface area contributed by atoms with E-state index in [0.717, 1.165) is 18.2 Å². The summed E-state index contributed by atoms with van der Waals surface area (Å²) >= 11 is 0. The number of aromatic nitrogens is 1. The standard InChI is InChI=1S/C26H25F4N3O5/c1-14(2)37-22-9-16(11-31-23(22)34)15-4-6-20(19(27)8-15)33-24(35)32-17-5-7-21(18(10-17)26(28,29)30)38-25(3)12-36-13-25/h4-11,14H,12-13H2,1-3H3,(H,31,34)(H2,32,33,35). The zero-order valence-corrected chi connectivity index (χ0v) is 20.7. The fourth-order valence-corrected chi connectivity index (χ4v) is 3.68. The van der Waals surface area contributed by atoms with E-state index in [1.165, 1.54) is 30.5 Å². The van der Waals surface area contributed by atoms with Crippen LogP contribution < -0.4 is 25.7 Å². The first kappa shape index (κ1) is 27.0. The Bertz CT molecular complexity index is 1400. The second-order valence-corrected chi connectivity index (χ2v) is 9.28. The van der Waals surface area contributed by atoms with Crippen molar-refractivity contribution in [2.24, 2.45) is 0 Å². The minimum atomic E-state index is -4.74. The number of anilines is 2. The number of amides is 2. The molecule has 1 aliphatic rings. The van der Waals surface area contributed by atoms with Crippen molar-refractivity contribution >= 4 is 17.4 Å². The SMILES string of the molecule is CC(C)Oc1cc(-c2ccc(NC(=O)Nc3ccc(OC4(C)COC4)c(C(F)(F)F)c3)c(F)c2)c[nH]c1=O. The Morgan fingerprint density at radius 3 is 2.39 bits per heavy atom. The molecule has 0 atom stereocenters. The van der Waals surface area contributed by atoms with Crippen LogP contribution >= 0.6 is 0 Å². The maximum Gasteiger partial charge on any atom is 0.420 e. The second kappa shape index (κ2) is 10.4. The average molecular weight is 535 g/mol. The highest BCUT2D eigenvalue weighted by molar-refractivity contribution is 6.00.